The van der Waals surface area contributed by atoms with E-state index in [1.54, 1.807) is 44.2 Å². The normalized spacial score (nSPS) is 11.6. The smallest absolute Gasteiger partial charge is 0.353 e. The molecule has 2 aromatic rings. The fourth-order valence-electron chi connectivity index (χ4n) is 3.07. The molecule has 0 aliphatic carbocycles. The number of amides is 1. The second-order valence-electron chi connectivity index (χ2n) is 7.39. The van der Waals surface area contributed by atoms with Gasteiger partial charge in [0.15, 0.2) is 0 Å². The average Bonchev–Trinajstić information content (AvgIpc) is 3.20. The zero-order valence-corrected chi connectivity index (χ0v) is 18.8. The summed E-state index contributed by atoms with van der Waals surface area (Å²) in [5.41, 5.74) is 6.67. The molecule has 172 valence electrons. The monoisotopic (exact) mass is 461 g/mol. The van der Waals surface area contributed by atoms with Gasteiger partial charge in [-0.2, -0.15) is 0 Å². The first-order chi connectivity index (χ1) is 15.1. The molecule has 10 heteroatoms. The molecule has 1 unspecified atom stereocenters. The summed E-state index contributed by atoms with van der Waals surface area (Å²) in [4.78, 5) is 38.6. The van der Waals surface area contributed by atoms with Gasteiger partial charge in [-0.15, -0.1) is 11.3 Å². The number of carbonyl (C=O) groups is 3. The van der Waals surface area contributed by atoms with Gasteiger partial charge >= 0.3 is 11.9 Å². The molecular formula is C22H27N3O6S. The lowest BCUT2D eigenvalue weighted by Crippen LogP contribution is -2.40. The summed E-state index contributed by atoms with van der Waals surface area (Å²) in [6.07, 6.45) is 0.645. The molecule has 0 spiro atoms. The van der Waals surface area contributed by atoms with Gasteiger partial charge in [0.25, 0.3) is 0 Å². The van der Waals surface area contributed by atoms with E-state index in [2.05, 4.69) is 0 Å². The van der Waals surface area contributed by atoms with Crippen LogP contribution in [0.25, 0.3) is 0 Å². The van der Waals surface area contributed by atoms with Crippen LogP contribution in [-0.4, -0.2) is 58.5 Å². The van der Waals surface area contributed by atoms with Crippen molar-refractivity contribution in [3.63, 3.8) is 0 Å². The molecule has 9 nitrogen and oxygen atoms in total. The molecule has 5 N–H and O–H groups in total. The van der Waals surface area contributed by atoms with Crippen LogP contribution >= 0.6 is 11.3 Å². The van der Waals surface area contributed by atoms with Crippen molar-refractivity contribution in [3.8, 4) is 5.75 Å². The third-order valence-electron chi connectivity index (χ3n) is 4.70. The van der Waals surface area contributed by atoms with E-state index in [9.17, 15) is 14.4 Å². The van der Waals surface area contributed by atoms with Gasteiger partial charge in [0.1, 0.15) is 23.0 Å². The Morgan fingerprint density at radius 1 is 1.25 bits per heavy atom. The second-order valence-corrected chi connectivity index (χ2v) is 8.55. The number of aliphatic hydroxyl groups is 1. The molecule has 1 aromatic heterocycles. The molecule has 0 saturated heterocycles. The standard InChI is InChI=1S/C22H27N3O6S/c1-13-10-15(20(23)24)4-6-17(13)31-22(30)18-7-5-16(32-18)11-14(2)21(29)25(8-3-9-26)12-19(27)28/h4-7,10,14,26H,3,8-9,11-12H2,1-2H3,(H3,23,24)(H,27,28). The molecule has 2 rings (SSSR count). The average molecular weight is 462 g/mol. The van der Waals surface area contributed by atoms with E-state index in [0.29, 0.717) is 34.6 Å². The third-order valence-corrected chi connectivity index (χ3v) is 5.79. The number of nitrogen functional groups attached to an aromatic ring is 1. The van der Waals surface area contributed by atoms with Crippen molar-refractivity contribution >= 4 is 35.0 Å². The number of carboxylic acids is 1. The number of thiophene rings is 1. The first kappa shape index (κ1) is 25.0. The first-order valence-corrected chi connectivity index (χ1v) is 10.8. The Hall–Kier alpha value is -3.24. The highest BCUT2D eigenvalue weighted by Crippen LogP contribution is 2.25. The molecule has 1 atom stereocenters. The lowest BCUT2D eigenvalue weighted by atomic mass is 10.0. The second kappa shape index (κ2) is 11.4. The number of hydrogen-bond donors (Lipinski definition) is 4. The van der Waals surface area contributed by atoms with Crippen molar-refractivity contribution in [3.05, 3.63) is 51.2 Å². The van der Waals surface area contributed by atoms with Crippen molar-refractivity contribution in [2.45, 2.75) is 26.7 Å². The number of benzene rings is 1. The Bertz CT molecular complexity index is 1000. The van der Waals surface area contributed by atoms with Crippen molar-refractivity contribution < 1.29 is 29.3 Å². The summed E-state index contributed by atoms with van der Waals surface area (Å²) < 4.78 is 5.45. The quantitative estimate of drug-likeness (QED) is 0.173. The van der Waals surface area contributed by atoms with Crippen LogP contribution in [0.15, 0.2) is 30.3 Å². The Morgan fingerprint density at radius 2 is 1.97 bits per heavy atom. The minimum atomic E-state index is -1.11. The lowest BCUT2D eigenvalue weighted by molar-refractivity contribution is -0.146. The largest absolute Gasteiger partial charge is 0.480 e. The molecule has 0 bridgehead atoms. The van der Waals surface area contributed by atoms with E-state index in [1.165, 1.54) is 16.2 Å². The Balaban J connectivity index is 2.03. The van der Waals surface area contributed by atoms with Crippen molar-refractivity contribution in [1.82, 2.24) is 4.90 Å². The van der Waals surface area contributed by atoms with Crippen molar-refractivity contribution in [2.24, 2.45) is 11.7 Å². The highest BCUT2D eigenvalue weighted by molar-refractivity contribution is 7.13. The fourth-order valence-corrected chi connectivity index (χ4v) is 4.08. The summed E-state index contributed by atoms with van der Waals surface area (Å²) in [7, 11) is 0. The maximum Gasteiger partial charge on any atom is 0.353 e. The van der Waals surface area contributed by atoms with Gasteiger partial charge in [0.2, 0.25) is 5.91 Å². The van der Waals surface area contributed by atoms with Crippen LogP contribution in [0.3, 0.4) is 0 Å². The summed E-state index contributed by atoms with van der Waals surface area (Å²) in [6, 6.07) is 8.22. The van der Waals surface area contributed by atoms with Gasteiger partial charge in [0, 0.05) is 29.5 Å². The minimum Gasteiger partial charge on any atom is -0.480 e. The van der Waals surface area contributed by atoms with Crippen LogP contribution < -0.4 is 10.5 Å². The number of carboxylic acid groups (broad SMARTS) is 1. The molecule has 1 amide bonds. The number of rotatable bonds is 11. The maximum absolute atomic E-state index is 12.7. The predicted octanol–water partition coefficient (Wildman–Crippen LogP) is 2.03. The Morgan fingerprint density at radius 3 is 2.56 bits per heavy atom. The zero-order chi connectivity index (χ0) is 23.8. The molecule has 0 radical (unpaired) electrons. The molecule has 0 fully saturated rings. The summed E-state index contributed by atoms with van der Waals surface area (Å²) in [5, 5.41) is 25.5. The molecule has 0 aliphatic rings. The van der Waals surface area contributed by atoms with E-state index in [0.717, 1.165) is 4.88 Å². The summed E-state index contributed by atoms with van der Waals surface area (Å²) in [6.45, 7) is 3.06. The molecular weight excluding hydrogens is 434 g/mol. The number of esters is 1. The van der Waals surface area contributed by atoms with Gasteiger partial charge in [-0.3, -0.25) is 15.0 Å². The highest BCUT2D eigenvalue weighted by Gasteiger charge is 2.23. The zero-order valence-electron chi connectivity index (χ0n) is 18.0. The Kier molecular flexibility index (Phi) is 8.91. The van der Waals surface area contributed by atoms with Crippen molar-refractivity contribution in [1.29, 1.82) is 5.41 Å². The number of nitrogens with two attached hydrogens (primary N) is 1. The van der Waals surface area contributed by atoms with Crippen molar-refractivity contribution in [2.75, 3.05) is 19.7 Å². The van der Waals surface area contributed by atoms with Crippen LogP contribution in [0.1, 0.15) is 39.0 Å². The topological polar surface area (TPSA) is 154 Å². The van der Waals surface area contributed by atoms with Gasteiger partial charge < -0.3 is 25.6 Å². The highest BCUT2D eigenvalue weighted by atomic mass is 32.1. The Labute approximate surface area is 189 Å². The number of ether oxygens (including phenoxy) is 1. The van der Waals surface area contributed by atoms with E-state index in [-0.39, 0.29) is 24.9 Å². The SMILES string of the molecule is Cc1cc(C(=N)N)ccc1OC(=O)c1ccc(CC(C)C(=O)N(CCCO)CC(=O)O)s1. The molecule has 0 aliphatic heterocycles. The molecule has 32 heavy (non-hydrogen) atoms. The van der Waals surface area contributed by atoms with Gasteiger partial charge in [0.05, 0.1) is 0 Å². The molecule has 1 aromatic carbocycles. The van der Waals surface area contributed by atoms with E-state index in [4.69, 9.17) is 26.1 Å². The van der Waals surface area contributed by atoms with E-state index >= 15 is 0 Å². The summed E-state index contributed by atoms with van der Waals surface area (Å²) >= 11 is 1.21. The van der Waals surface area contributed by atoms with Crippen LogP contribution in [0.2, 0.25) is 0 Å². The van der Waals surface area contributed by atoms with Crippen LogP contribution in [0.4, 0.5) is 0 Å². The number of nitrogens with zero attached hydrogens (tertiary/aromatic N) is 1. The third kappa shape index (κ3) is 6.89. The maximum atomic E-state index is 12.7. The number of amidine groups is 1. The van der Waals surface area contributed by atoms with Crippen LogP contribution in [0, 0.1) is 18.3 Å². The lowest BCUT2D eigenvalue weighted by Gasteiger charge is -2.23. The molecule has 0 saturated carbocycles. The summed E-state index contributed by atoms with van der Waals surface area (Å²) in [5.74, 6) is -2.16. The van der Waals surface area contributed by atoms with Gasteiger partial charge in [-0.1, -0.05) is 6.92 Å². The van der Waals surface area contributed by atoms with Gasteiger partial charge in [-0.05, 0) is 55.7 Å². The van der Waals surface area contributed by atoms with Crippen LogP contribution in [-0.2, 0) is 16.0 Å². The van der Waals surface area contributed by atoms with Gasteiger partial charge in [-0.25, -0.2) is 4.79 Å². The predicted molar refractivity (Wildman–Crippen MR) is 120 cm³/mol. The number of aliphatic carboxylic acids is 1. The van der Waals surface area contributed by atoms with E-state index in [1.807, 2.05) is 0 Å². The minimum absolute atomic E-state index is 0.0733. The number of aliphatic hydroxyl groups excluding tert-OH is 1. The first-order valence-electron chi connectivity index (χ1n) is 9.99. The number of hydrogen-bond acceptors (Lipinski definition) is 7. The fraction of sp³-hybridized carbons (Fsp3) is 0.364. The molecule has 1 heterocycles. The number of carbonyl (C=O) groups excluding carboxylic acids is 2. The number of aryl methyl sites for hydroxylation is 1. The van der Waals surface area contributed by atoms with E-state index < -0.39 is 24.4 Å². The van der Waals surface area contributed by atoms with Crippen LogP contribution in [0.5, 0.6) is 5.75 Å². The number of nitrogens with one attached hydrogen (secondary N) is 1.